The third-order valence-electron chi connectivity index (χ3n) is 4.75. The lowest BCUT2D eigenvalue weighted by Crippen LogP contribution is -2.36. The van der Waals surface area contributed by atoms with E-state index in [1.807, 2.05) is 11.8 Å². The Bertz CT molecular complexity index is 410. The van der Waals surface area contributed by atoms with E-state index in [0.717, 1.165) is 18.3 Å². The summed E-state index contributed by atoms with van der Waals surface area (Å²) < 4.78 is 0. The van der Waals surface area contributed by atoms with Gasteiger partial charge < -0.3 is 5.11 Å². The highest BCUT2D eigenvalue weighted by Crippen LogP contribution is 2.43. The second-order valence-electron chi connectivity index (χ2n) is 6.64. The Morgan fingerprint density at radius 2 is 1.79 bits per heavy atom. The highest BCUT2D eigenvalue weighted by atomic mass is 32.2. The van der Waals surface area contributed by atoms with Crippen molar-refractivity contribution in [1.29, 1.82) is 0 Å². The lowest BCUT2D eigenvalue weighted by molar-refractivity contribution is 0.0548. The average molecular weight is 276 g/mol. The van der Waals surface area contributed by atoms with Crippen LogP contribution in [0, 0.1) is 17.8 Å². The molecule has 1 heterocycles. The second kappa shape index (κ2) is 5.49. The van der Waals surface area contributed by atoms with E-state index in [4.69, 9.17) is 0 Å². The third kappa shape index (κ3) is 2.85. The normalized spacial score (nSPS) is 35.9. The number of aliphatic hydroxyl groups excluding tert-OH is 1. The molecule has 1 aromatic carbocycles. The van der Waals surface area contributed by atoms with E-state index in [1.54, 1.807) is 0 Å². The van der Waals surface area contributed by atoms with Gasteiger partial charge in [-0.2, -0.15) is 0 Å². The first-order valence-electron chi connectivity index (χ1n) is 7.56. The van der Waals surface area contributed by atoms with Crippen LogP contribution in [0.1, 0.15) is 38.7 Å². The van der Waals surface area contributed by atoms with Gasteiger partial charge in [0.1, 0.15) is 0 Å². The minimum Gasteiger partial charge on any atom is -0.392 e. The van der Waals surface area contributed by atoms with Gasteiger partial charge in [0, 0.05) is 10.1 Å². The zero-order chi connectivity index (χ0) is 13.4. The molecule has 0 aromatic heterocycles. The topological polar surface area (TPSA) is 20.2 Å². The monoisotopic (exact) mass is 276 g/mol. The summed E-state index contributed by atoms with van der Waals surface area (Å²) in [5.41, 5.74) is 1.42. The summed E-state index contributed by atoms with van der Waals surface area (Å²) in [6, 6.07) is 8.62. The van der Waals surface area contributed by atoms with E-state index in [2.05, 4.69) is 38.1 Å². The molecule has 0 bridgehead atoms. The Morgan fingerprint density at radius 3 is 2.47 bits per heavy atom. The highest BCUT2D eigenvalue weighted by molar-refractivity contribution is 8.00. The Labute approximate surface area is 120 Å². The van der Waals surface area contributed by atoms with Crippen LogP contribution in [0.4, 0.5) is 0 Å². The van der Waals surface area contributed by atoms with Gasteiger partial charge in [0.2, 0.25) is 0 Å². The number of benzene rings is 1. The zero-order valence-corrected chi connectivity index (χ0v) is 12.7. The van der Waals surface area contributed by atoms with Gasteiger partial charge in [-0.15, -0.1) is 11.8 Å². The van der Waals surface area contributed by atoms with Crippen LogP contribution in [0.25, 0.3) is 0 Å². The molecule has 0 spiro atoms. The number of thioether (sulfide) groups is 1. The quantitative estimate of drug-likeness (QED) is 0.876. The molecule has 2 aliphatic rings. The first-order valence-corrected chi connectivity index (χ1v) is 8.44. The Kier molecular flexibility index (Phi) is 3.91. The van der Waals surface area contributed by atoms with Crippen molar-refractivity contribution in [1.82, 2.24) is 0 Å². The number of fused-ring (bicyclic) bond motifs is 1. The predicted octanol–water partition coefficient (Wildman–Crippen LogP) is 4.14. The predicted molar refractivity (Wildman–Crippen MR) is 81.5 cm³/mol. The SMILES string of the molecule is CC1CC(C)CC(C(O)C2Cc3ccccc3S2)C1. The minimum atomic E-state index is -0.136. The molecular formula is C17H24OS. The van der Waals surface area contributed by atoms with Crippen LogP contribution in [-0.4, -0.2) is 16.5 Å². The van der Waals surface area contributed by atoms with Crippen molar-refractivity contribution in [3.05, 3.63) is 29.8 Å². The maximum Gasteiger partial charge on any atom is 0.0693 e. The molecule has 0 saturated heterocycles. The van der Waals surface area contributed by atoms with Gasteiger partial charge in [-0.25, -0.2) is 0 Å². The molecule has 1 nitrogen and oxygen atoms in total. The van der Waals surface area contributed by atoms with Gasteiger partial charge in [-0.1, -0.05) is 32.0 Å². The summed E-state index contributed by atoms with van der Waals surface area (Å²) in [5, 5.41) is 11.1. The van der Waals surface area contributed by atoms with Gasteiger partial charge in [0.15, 0.2) is 0 Å². The van der Waals surface area contributed by atoms with Crippen molar-refractivity contribution >= 4 is 11.8 Å². The van der Waals surface area contributed by atoms with E-state index in [-0.39, 0.29) is 6.10 Å². The molecule has 104 valence electrons. The number of hydrogen-bond acceptors (Lipinski definition) is 2. The zero-order valence-electron chi connectivity index (χ0n) is 11.9. The fourth-order valence-corrected chi connectivity index (χ4v) is 5.40. The van der Waals surface area contributed by atoms with Crippen molar-refractivity contribution in [3.8, 4) is 0 Å². The molecule has 1 fully saturated rings. The molecule has 19 heavy (non-hydrogen) atoms. The molecule has 4 atom stereocenters. The van der Waals surface area contributed by atoms with E-state index in [1.165, 1.54) is 29.7 Å². The molecule has 4 unspecified atom stereocenters. The van der Waals surface area contributed by atoms with Crippen molar-refractivity contribution in [2.45, 2.75) is 55.8 Å². The van der Waals surface area contributed by atoms with Gasteiger partial charge in [-0.3, -0.25) is 0 Å². The molecule has 1 aliphatic carbocycles. The Balaban J connectivity index is 1.67. The Morgan fingerprint density at radius 1 is 1.11 bits per heavy atom. The smallest absolute Gasteiger partial charge is 0.0693 e. The maximum atomic E-state index is 10.8. The van der Waals surface area contributed by atoms with Gasteiger partial charge in [0.25, 0.3) is 0 Å². The number of hydrogen-bond donors (Lipinski definition) is 1. The number of aliphatic hydroxyl groups is 1. The van der Waals surface area contributed by atoms with Gasteiger partial charge >= 0.3 is 0 Å². The van der Waals surface area contributed by atoms with Crippen LogP contribution >= 0.6 is 11.8 Å². The largest absolute Gasteiger partial charge is 0.392 e. The van der Waals surface area contributed by atoms with Crippen LogP contribution in [0.15, 0.2) is 29.2 Å². The standard InChI is InChI=1S/C17H24OS/c1-11-7-12(2)9-14(8-11)17(18)16-10-13-5-3-4-6-15(13)19-16/h3-6,11-12,14,16-18H,7-10H2,1-2H3. The van der Waals surface area contributed by atoms with E-state index in [9.17, 15) is 5.11 Å². The minimum absolute atomic E-state index is 0.136. The lowest BCUT2D eigenvalue weighted by atomic mass is 9.73. The summed E-state index contributed by atoms with van der Waals surface area (Å²) in [6.07, 6.45) is 4.66. The molecule has 0 radical (unpaired) electrons. The summed E-state index contributed by atoms with van der Waals surface area (Å²) in [6.45, 7) is 4.68. The summed E-state index contributed by atoms with van der Waals surface area (Å²) >= 11 is 1.89. The lowest BCUT2D eigenvalue weighted by Gasteiger charge is -2.36. The first kappa shape index (κ1) is 13.5. The van der Waals surface area contributed by atoms with Gasteiger partial charge in [-0.05, 0) is 55.1 Å². The molecule has 1 aromatic rings. The summed E-state index contributed by atoms with van der Waals surface area (Å²) in [5.74, 6) is 2.06. The molecule has 2 heteroatoms. The first-order chi connectivity index (χ1) is 9.13. The average Bonchev–Trinajstić information content (AvgIpc) is 2.80. The van der Waals surface area contributed by atoms with Crippen molar-refractivity contribution in [3.63, 3.8) is 0 Å². The van der Waals surface area contributed by atoms with Crippen molar-refractivity contribution < 1.29 is 5.11 Å². The molecular weight excluding hydrogens is 252 g/mol. The van der Waals surface area contributed by atoms with E-state index >= 15 is 0 Å². The van der Waals surface area contributed by atoms with Crippen LogP contribution in [-0.2, 0) is 6.42 Å². The van der Waals surface area contributed by atoms with E-state index < -0.39 is 0 Å². The number of rotatable bonds is 2. The molecule has 1 saturated carbocycles. The molecule has 1 aliphatic heterocycles. The van der Waals surface area contributed by atoms with Crippen LogP contribution in [0.3, 0.4) is 0 Å². The van der Waals surface area contributed by atoms with Crippen LogP contribution < -0.4 is 0 Å². The summed E-state index contributed by atoms with van der Waals surface area (Å²) in [7, 11) is 0. The van der Waals surface area contributed by atoms with Crippen LogP contribution in [0.5, 0.6) is 0 Å². The summed E-state index contributed by atoms with van der Waals surface area (Å²) in [4.78, 5) is 1.38. The third-order valence-corrected chi connectivity index (χ3v) is 6.15. The highest BCUT2D eigenvalue weighted by Gasteiger charge is 2.36. The fourth-order valence-electron chi connectivity index (χ4n) is 3.99. The van der Waals surface area contributed by atoms with Crippen molar-refractivity contribution in [2.24, 2.45) is 17.8 Å². The van der Waals surface area contributed by atoms with Crippen LogP contribution in [0.2, 0.25) is 0 Å². The van der Waals surface area contributed by atoms with E-state index in [0.29, 0.717) is 11.2 Å². The molecule has 1 N–H and O–H groups in total. The second-order valence-corrected chi connectivity index (χ2v) is 7.92. The van der Waals surface area contributed by atoms with Crippen molar-refractivity contribution in [2.75, 3.05) is 0 Å². The van der Waals surface area contributed by atoms with Gasteiger partial charge in [0.05, 0.1) is 6.10 Å². The maximum absolute atomic E-state index is 10.8. The molecule has 3 rings (SSSR count). The fraction of sp³-hybridized carbons (Fsp3) is 0.647. The Hall–Kier alpha value is -0.470. The molecule has 0 amide bonds.